The van der Waals surface area contributed by atoms with Crippen molar-refractivity contribution in [2.45, 2.75) is 45.3 Å². The molecule has 0 saturated carbocycles. The Morgan fingerprint density at radius 2 is 1.90 bits per heavy atom. The highest BCUT2D eigenvalue weighted by Crippen LogP contribution is 2.32. The lowest BCUT2D eigenvalue weighted by Gasteiger charge is -2.34. The van der Waals surface area contributed by atoms with Crippen LogP contribution >= 0.6 is 11.3 Å². The lowest BCUT2D eigenvalue weighted by atomic mass is 10.1. The van der Waals surface area contributed by atoms with Crippen molar-refractivity contribution >= 4 is 39.4 Å². The van der Waals surface area contributed by atoms with Crippen molar-refractivity contribution in [2.75, 3.05) is 49.2 Å². The number of piperidine rings is 1. The minimum Gasteiger partial charge on any atom is -0.444 e. The molecule has 4 heterocycles. The molecule has 2 aromatic rings. The van der Waals surface area contributed by atoms with E-state index in [0.717, 1.165) is 74.2 Å². The predicted molar refractivity (Wildman–Crippen MR) is 115 cm³/mol. The molecule has 4 rings (SSSR count). The van der Waals surface area contributed by atoms with Crippen LogP contribution in [0.5, 0.6) is 0 Å². The predicted octanol–water partition coefficient (Wildman–Crippen LogP) is 3.02. The summed E-state index contributed by atoms with van der Waals surface area (Å²) < 4.78 is 12.0. The van der Waals surface area contributed by atoms with Crippen molar-refractivity contribution in [2.24, 2.45) is 0 Å². The summed E-state index contributed by atoms with van der Waals surface area (Å²) in [6, 6.07) is 2.18. The molecule has 29 heavy (non-hydrogen) atoms. The Hall–Kier alpha value is -2.13. The van der Waals surface area contributed by atoms with Gasteiger partial charge in [-0.2, -0.15) is 4.98 Å². The maximum atomic E-state index is 12.0. The number of amides is 1. The molecule has 1 N–H and O–H groups in total. The normalized spacial score (nSPS) is 18.9. The fraction of sp³-hybridized carbons (Fsp3) is 0.650. The molecule has 0 radical (unpaired) electrons. The summed E-state index contributed by atoms with van der Waals surface area (Å²) in [6.45, 7) is 10.4. The van der Waals surface area contributed by atoms with E-state index in [1.807, 2.05) is 20.8 Å². The van der Waals surface area contributed by atoms with Crippen LogP contribution in [0.3, 0.4) is 0 Å². The molecule has 0 spiro atoms. The number of nitrogens with one attached hydrogen (secondary N) is 1. The molecule has 2 aromatic heterocycles. The summed E-state index contributed by atoms with van der Waals surface area (Å²) in [5.74, 6) is 1.78. The average molecular weight is 420 g/mol. The number of ether oxygens (including phenoxy) is 2. The summed E-state index contributed by atoms with van der Waals surface area (Å²) in [5.41, 5.74) is 0.514. The standard InChI is InChI=1S/C20H29N5O3S/c1-20(2,3)28-19(26)21-14-4-7-25(8-5-14)18-22-15-6-13-29-16(15)17(23-18)24-9-11-27-12-10-24/h6,13-14H,4-5,7-12H2,1-3H3,(H,21,26). The maximum absolute atomic E-state index is 12.0. The zero-order chi connectivity index (χ0) is 20.4. The molecule has 9 heteroatoms. The van der Waals surface area contributed by atoms with Gasteiger partial charge in [0.25, 0.3) is 0 Å². The van der Waals surface area contributed by atoms with E-state index in [1.165, 1.54) is 0 Å². The van der Waals surface area contributed by atoms with Crippen LogP contribution in [-0.2, 0) is 9.47 Å². The first-order chi connectivity index (χ1) is 13.9. The average Bonchev–Trinajstić information content (AvgIpc) is 3.15. The van der Waals surface area contributed by atoms with Gasteiger partial charge < -0.3 is 24.6 Å². The van der Waals surface area contributed by atoms with Crippen LogP contribution in [0, 0.1) is 0 Å². The monoisotopic (exact) mass is 419 g/mol. The SMILES string of the molecule is CC(C)(C)OC(=O)NC1CCN(c2nc(N3CCOCC3)c3sccc3n2)CC1. The zero-order valence-corrected chi connectivity index (χ0v) is 18.1. The summed E-state index contributed by atoms with van der Waals surface area (Å²) in [7, 11) is 0. The van der Waals surface area contributed by atoms with E-state index >= 15 is 0 Å². The highest BCUT2D eigenvalue weighted by atomic mass is 32.1. The number of fused-ring (bicyclic) bond motifs is 1. The second-order valence-corrected chi connectivity index (χ2v) is 9.41. The highest BCUT2D eigenvalue weighted by molar-refractivity contribution is 7.17. The number of aromatic nitrogens is 2. The number of hydrogen-bond acceptors (Lipinski definition) is 8. The Kier molecular flexibility index (Phi) is 5.78. The van der Waals surface area contributed by atoms with Crippen LogP contribution < -0.4 is 15.1 Å². The van der Waals surface area contributed by atoms with Gasteiger partial charge in [0.05, 0.1) is 23.4 Å². The van der Waals surface area contributed by atoms with E-state index in [1.54, 1.807) is 11.3 Å². The molecule has 1 amide bonds. The van der Waals surface area contributed by atoms with Crippen LogP contribution in [0.1, 0.15) is 33.6 Å². The molecule has 2 fully saturated rings. The Morgan fingerprint density at radius 1 is 1.17 bits per heavy atom. The number of anilines is 2. The quantitative estimate of drug-likeness (QED) is 0.819. The first kappa shape index (κ1) is 20.2. The topological polar surface area (TPSA) is 79.8 Å². The zero-order valence-electron chi connectivity index (χ0n) is 17.3. The molecule has 158 valence electrons. The van der Waals surface area contributed by atoms with Crippen molar-refractivity contribution < 1.29 is 14.3 Å². The molecular weight excluding hydrogens is 390 g/mol. The van der Waals surface area contributed by atoms with E-state index in [0.29, 0.717) is 0 Å². The molecule has 2 aliphatic heterocycles. The molecule has 0 bridgehead atoms. The van der Waals surface area contributed by atoms with Gasteiger partial charge in [0.15, 0.2) is 5.82 Å². The maximum Gasteiger partial charge on any atom is 0.407 e. The molecule has 2 saturated heterocycles. The van der Waals surface area contributed by atoms with Crippen LogP contribution in [0.15, 0.2) is 11.4 Å². The lowest BCUT2D eigenvalue weighted by Crippen LogP contribution is -2.46. The molecular formula is C20H29N5O3S. The number of rotatable bonds is 3. The van der Waals surface area contributed by atoms with Gasteiger partial charge in [-0.3, -0.25) is 0 Å². The van der Waals surface area contributed by atoms with Crippen molar-refractivity contribution in [1.29, 1.82) is 0 Å². The number of alkyl carbamates (subject to hydrolysis) is 1. The van der Waals surface area contributed by atoms with Crippen LogP contribution in [-0.4, -0.2) is 67.1 Å². The van der Waals surface area contributed by atoms with Crippen molar-refractivity contribution in [3.8, 4) is 0 Å². The van der Waals surface area contributed by atoms with Crippen molar-refractivity contribution in [3.63, 3.8) is 0 Å². The van der Waals surface area contributed by atoms with Crippen LogP contribution in [0.4, 0.5) is 16.6 Å². The van der Waals surface area contributed by atoms with Crippen molar-refractivity contribution in [3.05, 3.63) is 11.4 Å². The van der Waals surface area contributed by atoms with E-state index < -0.39 is 5.60 Å². The van der Waals surface area contributed by atoms with E-state index in [-0.39, 0.29) is 12.1 Å². The number of hydrogen-bond donors (Lipinski definition) is 1. The molecule has 0 aromatic carbocycles. The third kappa shape index (κ3) is 4.90. The second kappa shape index (κ2) is 8.31. The highest BCUT2D eigenvalue weighted by Gasteiger charge is 2.26. The van der Waals surface area contributed by atoms with Gasteiger partial charge in [-0.25, -0.2) is 9.78 Å². The van der Waals surface area contributed by atoms with Gasteiger partial charge in [0.2, 0.25) is 5.95 Å². The number of thiophene rings is 1. The summed E-state index contributed by atoms with van der Waals surface area (Å²) in [5, 5.41) is 5.06. The lowest BCUT2D eigenvalue weighted by molar-refractivity contribution is 0.0497. The van der Waals surface area contributed by atoms with E-state index in [9.17, 15) is 4.79 Å². The fourth-order valence-corrected chi connectivity index (χ4v) is 4.51. The van der Waals surface area contributed by atoms with Crippen LogP contribution in [0.25, 0.3) is 10.2 Å². The molecule has 2 aliphatic rings. The van der Waals surface area contributed by atoms with E-state index in [2.05, 4.69) is 26.6 Å². The largest absolute Gasteiger partial charge is 0.444 e. The van der Waals surface area contributed by atoms with Crippen LogP contribution in [0.2, 0.25) is 0 Å². The van der Waals surface area contributed by atoms with Gasteiger partial charge in [-0.1, -0.05) is 0 Å². The smallest absolute Gasteiger partial charge is 0.407 e. The Labute approximate surface area is 175 Å². The fourth-order valence-electron chi connectivity index (χ4n) is 3.67. The second-order valence-electron chi connectivity index (χ2n) is 8.49. The molecule has 0 unspecified atom stereocenters. The van der Waals surface area contributed by atoms with Gasteiger partial charge in [-0.05, 0) is 45.1 Å². The third-order valence-corrected chi connectivity index (χ3v) is 5.98. The van der Waals surface area contributed by atoms with Gasteiger partial charge in [0, 0.05) is 32.2 Å². The van der Waals surface area contributed by atoms with E-state index in [4.69, 9.17) is 19.4 Å². The van der Waals surface area contributed by atoms with Crippen molar-refractivity contribution in [1.82, 2.24) is 15.3 Å². The Bertz CT molecular complexity index is 851. The third-order valence-electron chi connectivity index (χ3n) is 5.08. The number of carbonyl (C=O) groups excluding carboxylic acids is 1. The first-order valence-corrected chi connectivity index (χ1v) is 11.1. The first-order valence-electron chi connectivity index (χ1n) is 10.2. The molecule has 8 nitrogen and oxygen atoms in total. The Morgan fingerprint density at radius 3 is 2.59 bits per heavy atom. The number of nitrogens with zero attached hydrogens (tertiary/aromatic N) is 4. The summed E-state index contributed by atoms with van der Waals surface area (Å²) in [6.07, 6.45) is 1.34. The number of carbonyl (C=O) groups is 1. The minimum atomic E-state index is -0.482. The Balaban J connectivity index is 1.44. The summed E-state index contributed by atoms with van der Waals surface area (Å²) in [4.78, 5) is 26.3. The summed E-state index contributed by atoms with van der Waals surface area (Å²) >= 11 is 1.69. The van der Waals surface area contributed by atoms with Gasteiger partial charge in [-0.15, -0.1) is 11.3 Å². The molecule has 0 atom stereocenters. The minimum absolute atomic E-state index is 0.115. The molecule has 0 aliphatic carbocycles. The van der Waals surface area contributed by atoms with Gasteiger partial charge >= 0.3 is 6.09 Å². The number of morpholine rings is 1. The van der Waals surface area contributed by atoms with Gasteiger partial charge in [0.1, 0.15) is 5.60 Å².